The van der Waals surface area contributed by atoms with E-state index in [1.165, 1.54) is 5.56 Å². The number of nitrogens with one attached hydrogen (secondary N) is 1. The van der Waals surface area contributed by atoms with E-state index in [0.717, 1.165) is 25.0 Å². The molecule has 102 valence electrons. The van der Waals surface area contributed by atoms with Crippen LogP contribution in [0.5, 0.6) is 5.75 Å². The standard InChI is InChI=1S/C15H19NO3/c17-15(14-6-3-7-18-14)16-9-11-8-12-4-1-2-5-13(12)19-10-11/h1-2,4-5,11,14H,3,6-10H2,(H,16,17). The van der Waals surface area contributed by atoms with Gasteiger partial charge in [-0.05, 0) is 30.9 Å². The van der Waals surface area contributed by atoms with Crippen molar-refractivity contribution in [2.75, 3.05) is 19.8 Å². The van der Waals surface area contributed by atoms with Gasteiger partial charge >= 0.3 is 0 Å². The van der Waals surface area contributed by atoms with E-state index >= 15 is 0 Å². The number of amides is 1. The summed E-state index contributed by atoms with van der Waals surface area (Å²) in [5, 5.41) is 2.98. The third-order valence-electron chi connectivity index (χ3n) is 3.74. The summed E-state index contributed by atoms with van der Waals surface area (Å²) >= 11 is 0. The third kappa shape index (κ3) is 2.89. The van der Waals surface area contributed by atoms with Crippen molar-refractivity contribution >= 4 is 5.91 Å². The first-order valence-electron chi connectivity index (χ1n) is 6.93. The fraction of sp³-hybridized carbons (Fsp3) is 0.533. The maximum atomic E-state index is 11.9. The second-order valence-corrected chi connectivity index (χ2v) is 5.24. The average molecular weight is 261 g/mol. The molecule has 0 spiro atoms. The van der Waals surface area contributed by atoms with Crippen molar-refractivity contribution in [2.24, 2.45) is 5.92 Å². The van der Waals surface area contributed by atoms with E-state index in [2.05, 4.69) is 11.4 Å². The van der Waals surface area contributed by atoms with Crippen LogP contribution in [0.2, 0.25) is 0 Å². The summed E-state index contributed by atoms with van der Waals surface area (Å²) in [5.41, 5.74) is 1.23. The molecule has 2 atom stereocenters. The van der Waals surface area contributed by atoms with Crippen LogP contribution in [0.4, 0.5) is 0 Å². The number of para-hydroxylation sites is 1. The molecule has 0 bridgehead atoms. The highest BCUT2D eigenvalue weighted by atomic mass is 16.5. The van der Waals surface area contributed by atoms with E-state index in [4.69, 9.17) is 9.47 Å². The molecule has 1 saturated heterocycles. The molecule has 1 aromatic carbocycles. The predicted octanol–water partition coefficient (Wildman–Crippen LogP) is 1.53. The number of carbonyl (C=O) groups is 1. The number of carbonyl (C=O) groups excluding carboxylic acids is 1. The Balaban J connectivity index is 1.50. The van der Waals surface area contributed by atoms with Crippen molar-refractivity contribution in [1.82, 2.24) is 5.32 Å². The van der Waals surface area contributed by atoms with E-state index in [0.29, 0.717) is 25.7 Å². The molecule has 1 N–H and O–H groups in total. The largest absolute Gasteiger partial charge is 0.493 e. The lowest BCUT2D eigenvalue weighted by atomic mass is 9.96. The van der Waals surface area contributed by atoms with Gasteiger partial charge in [-0.15, -0.1) is 0 Å². The maximum absolute atomic E-state index is 11.9. The number of rotatable bonds is 3. The van der Waals surface area contributed by atoms with Crippen LogP contribution in [0.15, 0.2) is 24.3 Å². The van der Waals surface area contributed by atoms with Gasteiger partial charge in [-0.3, -0.25) is 4.79 Å². The molecule has 2 heterocycles. The quantitative estimate of drug-likeness (QED) is 0.897. The van der Waals surface area contributed by atoms with Gasteiger partial charge in [0.15, 0.2) is 0 Å². The Morgan fingerprint density at radius 3 is 3.11 bits per heavy atom. The van der Waals surface area contributed by atoms with Gasteiger partial charge in [0.2, 0.25) is 5.91 Å². The van der Waals surface area contributed by atoms with Crippen molar-refractivity contribution in [3.8, 4) is 5.75 Å². The van der Waals surface area contributed by atoms with E-state index in [9.17, 15) is 4.79 Å². The molecule has 4 nitrogen and oxygen atoms in total. The molecule has 2 unspecified atom stereocenters. The molecule has 0 aliphatic carbocycles. The van der Waals surface area contributed by atoms with Gasteiger partial charge in [-0.1, -0.05) is 18.2 Å². The number of ether oxygens (including phenoxy) is 2. The fourth-order valence-corrected chi connectivity index (χ4v) is 2.67. The summed E-state index contributed by atoms with van der Waals surface area (Å²) in [4.78, 5) is 11.9. The number of fused-ring (bicyclic) bond motifs is 1. The molecule has 0 radical (unpaired) electrons. The predicted molar refractivity (Wildman–Crippen MR) is 71.1 cm³/mol. The van der Waals surface area contributed by atoms with E-state index in [-0.39, 0.29) is 12.0 Å². The highest BCUT2D eigenvalue weighted by Gasteiger charge is 2.25. The lowest BCUT2D eigenvalue weighted by Gasteiger charge is -2.25. The summed E-state index contributed by atoms with van der Waals surface area (Å²) in [6, 6.07) is 8.09. The average Bonchev–Trinajstić information content (AvgIpc) is 2.99. The minimum atomic E-state index is -0.239. The lowest BCUT2D eigenvalue weighted by Crippen LogP contribution is -2.39. The highest BCUT2D eigenvalue weighted by Crippen LogP contribution is 2.26. The zero-order valence-electron chi connectivity index (χ0n) is 10.9. The van der Waals surface area contributed by atoms with Crippen LogP contribution in [-0.4, -0.2) is 31.8 Å². The summed E-state index contributed by atoms with van der Waals surface area (Å²) < 4.78 is 11.1. The van der Waals surface area contributed by atoms with E-state index < -0.39 is 0 Å². The van der Waals surface area contributed by atoms with E-state index in [1.807, 2.05) is 18.2 Å². The van der Waals surface area contributed by atoms with Gasteiger partial charge in [-0.2, -0.15) is 0 Å². The Morgan fingerprint density at radius 2 is 2.26 bits per heavy atom. The van der Waals surface area contributed by atoms with Crippen LogP contribution in [0.1, 0.15) is 18.4 Å². The first kappa shape index (κ1) is 12.5. The number of hydrogen-bond acceptors (Lipinski definition) is 3. The monoisotopic (exact) mass is 261 g/mol. The molecule has 19 heavy (non-hydrogen) atoms. The smallest absolute Gasteiger partial charge is 0.249 e. The Hall–Kier alpha value is -1.55. The van der Waals surface area contributed by atoms with Crippen molar-refractivity contribution in [3.63, 3.8) is 0 Å². The minimum absolute atomic E-state index is 0.0244. The summed E-state index contributed by atoms with van der Waals surface area (Å²) in [6.07, 6.45) is 2.55. The minimum Gasteiger partial charge on any atom is -0.493 e. The topological polar surface area (TPSA) is 47.6 Å². The number of hydrogen-bond donors (Lipinski definition) is 1. The van der Waals surface area contributed by atoms with Gasteiger partial charge < -0.3 is 14.8 Å². The van der Waals surface area contributed by atoms with Crippen molar-refractivity contribution < 1.29 is 14.3 Å². The van der Waals surface area contributed by atoms with Crippen LogP contribution < -0.4 is 10.1 Å². The van der Waals surface area contributed by atoms with Gasteiger partial charge in [0.05, 0.1) is 6.61 Å². The zero-order valence-corrected chi connectivity index (χ0v) is 10.9. The first-order valence-corrected chi connectivity index (χ1v) is 6.93. The normalized spacial score (nSPS) is 25.5. The summed E-state index contributed by atoms with van der Waals surface area (Å²) in [5.74, 6) is 1.35. The van der Waals surface area contributed by atoms with Crippen LogP contribution in [0.3, 0.4) is 0 Å². The molecule has 2 aliphatic rings. The molecular formula is C15H19NO3. The Bertz CT molecular complexity index is 454. The lowest BCUT2D eigenvalue weighted by molar-refractivity contribution is -0.130. The Kier molecular flexibility index (Phi) is 3.69. The molecule has 1 amide bonds. The Morgan fingerprint density at radius 1 is 1.37 bits per heavy atom. The third-order valence-corrected chi connectivity index (χ3v) is 3.74. The second-order valence-electron chi connectivity index (χ2n) is 5.24. The Labute approximate surface area is 113 Å². The first-order chi connectivity index (χ1) is 9.33. The van der Waals surface area contributed by atoms with Gasteiger partial charge in [0.1, 0.15) is 11.9 Å². The molecule has 1 aromatic rings. The van der Waals surface area contributed by atoms with Crippen molar-refractivity contribution in [1.29, 1.82) is 0 Å². The van der Waals surface area contributed by atoms with Crippen molar-refractivity contribution in [2.45, 2.75) is 25.4 Å². The summed E-state index contributed by atoms with van der Waals surface area (Å²) in [6.45, 7) is 2.04. The van der Waals surface area contributed by atoms with Gasteiger partial charge in [0.25, 0.3) is 0 Å². The molecule has 1 fully saturated rings. The molecule has 0 aromatic heterocycles. The van der Waals surface area contributed by atoms with Crippen LogP contribution >= 0.6 is 0 Å². The van der Waals surface area contributed by atoms with Crippen LogP contribution in [0, 0.1) is 5.92 Å². The zero-order chi connectivity index (χ0) is 13.1. The second kappa shape index (κ2) is 5.61. The molecule has 0 saturated carbocycles. The fourth-order valence-electron chi connectivity index (χ4n) is 2.67. The van der Waals surface area contributed by atoms with Gasteiger partial charge in [-0.25, -0.2) is 0 Å². The summed E-state index contributed by atoms with van der Waals surface area (Å²) in [7, 11) is 0. The maximum Gasteiger partial charge on any atom is 0.249 e. The van der Waals surface area contributed by atoms with Gasteiger partial charge in [0, 0.05) is 19.1 Å². The molecular weight excluding hydrogens is 242 g/mol. The molecule has 2 aliphatic heterocycles. The highest BCUT2D eigenvalue weighted by molar-refractivity contribution is 5.80. The van der Waals surface area contributed by atoms with Crippen LogP contribution in [0.25, 0.3) is 0 Å². The SMILES string of the molecule is O=C(NCC1COc2ccccc2C1)C1CCCO1. The van der Waals surface area contributed by atoms with Crippen LogP contribution in [-0.2, 0) is 16.0 Å². The molecule has 3 rings (SSSR count). The van der Waals surface area contributed by atoms with Crippen molar-refractivity contribution in [3.05, 3.63) is 29.8 Å². The molecule has 4 heteroatoms. The number of benzene rings is 1. The van der Waals surface area contributed by atoms with E-state index in [1.54, 1.807) is 0 Å².